The molecule has 0 unspecified atom stereocenters. The minimum Gasteiger partial charge on any atom is -0.456 e. The first-order chi connectivity index (χ1) is 20.1. The zero-order valence-electron chi connectivity index (χ0n) is 23.0. The fourth-order valence-electron chi connectivity index (χ4n) is 7.15. The lowest BCUT2D eigenvalue weighted by Gasteiger charge is -2.23. The molecular weight excluding hydrogens is 498 g/mol. The molecule has 9 rings (SSSR count). The first kappa shape index (κ1) is 22.7. The van der Waals surface area contributed by atoms with Crippen molar-refractivity contribution in [3.8, 4) is 27.9 Å². The van der Waals surface area contributed by atoms with Crippen LogP contribution in [0.2, 0.25) is 0 Å². The quantitative estimate of drug-likeness (QED) is 0.219. The van der Waals surface area contributed by atoms with Gasteiger partial charge in [-0.1, -0.05) is 92.7 Å². The van der Waals surface area contributed by atoms with Crippen LogP contribution in [0.4, 0.5) is 0 Å². The number of hydrogen-bond donors (Lipinski definition) is 0. The van der Waals surface area contributed by atoms with E-state index in [2.05, 4.69) is 134 Å². The highest BCUT2D eigenvalue weighted by Gasteiger charge is 2.36. The van der Waals surface area contributed by atoms with Crippen LogP contribution in [0.3, 0.4) is 0 Å². The van der Waals surface area contributed by atoms with Gasteiger partial charge in [0.15, 0.2) is 0 Å². The number of nitrogens with zero attached hydrogens (tertiary/aromatic N) is 1. The van der Waals surface area contributed by atoms with Crippen molar-refractivity contribution in [2.24, 2.45) is 0 Å². The van der Waals surface area contributed by atoms with Crippen LogP contribution in [0.1, 0.15) is 25.0 Å². The molecule has 2 aromatic heterocycles. The molecule has 2 nitrogen and oxygen atoms in total. The summed E-state index contributed by atoms with van der Waals surface area (Å²) in [6.45, 7) is 4.73. The molecule has 0 saturated heterocycles. The van der Waals surface area contributed by atoms with Crippen molar-refractivity contribution in [1.82, 2.24) is 4.57 Å². The zero-order valence-corrected chi connectivity index (χ0v) is 23.0. The van der Waals surface area contributed by atoms with E-state index < -0.39 is 0 Å². The van der Waals surface area contributed by atoms with E-state index in [4.69, 9.17) is 4.42 Å². The van der Waals surface area contributed by atoms with Crippen molar-refractivity contribution in [2.45, 2.75) is 19.3 Å². The summed E-state index contributed by atoms with van der Waals surface area (Å²) < 4.78 is 8.50. The van der Waals surface area contributed by atoms with Gasteiger partial charge in [-0.05, 0) is 81.9 Å². The first-order valence-electron chi connectivity index (χ1n) is 14.3. The summed E-state index contributed by atoms with van der Waals surface area (Å²) in [6.07, 6.45) is 0. The second kappa shape index (κ2) is 7.99. The van der Waals surface area contributed by atoms with Gasteiger partial charge >= 0.3 is 0 Å². The zero-order chi connectivity index (χ0) is 27.3. The van der Waals surface area contributed by atoms with Crippen LogP contribution in [0.15, 0.2) is 132 Å². The van der Waals surface area contributed by atoms with Gasteiger partial charge in [0.25, 0.3) is 0 Å². The summed E-state index contributed by atoms with van der Waals surface area (Å²) in [5, 5.41) is 4.91. The fourth-order valence-corrected chi connectivity index (χ4v) is 7.15. The van der Waals surface area contributed by atoms with Gasteiger partial charge in [-0.2, -0.15) is 0 Å². The highest BCUT2D eigenvalue weighted by molar-refractivity contribution is 6.09. The standard InChI is InChI=1S/C39H27NO/c1-39(2)33-22-25(24-16-20-38-32(21-24)31-11-5-8-14-37(31)41-38)15-18-27(33)28-19-17-26(23-34(28)39)40-35-12-6-3-9-29(35)30-10-4-7-13-36(30)40/h3-23H,1-2H3. The second-order valence-corrected chi connectivity index (χ2v) is 11.8. The molecule has 0 amide bonds. The van der Waals surface area contributed by atoms with E-state index in [1.807, 2.05) is 12.1 Å². The normalized spacial score (nSPS) is 13.8. The van der Waals surface area contributed by atoms with E-state index >= 15 is 0 Å². The van der Waals surface area contributed by atoms with Crippen LogP contribution in [0.5, 0.6) is 0 Å². The largest absolute Gasteiger partial charge is 0.456 e. The topological polar surface area (TPSA) is 18.1 Å². The molecule has 6 aromatic carbocycles. The number of hydrogen-bond acceptors (Lipinski definition) is 1. The van der Waals surface area contributed by atoms with Crippen molar-refractivity contribution in [2.75, 3.05) is 0 Å². The van der Waals surface area contributed by atoms with Crippen molar-refractivity contribution < 1.29 is 4.42 Å². The summed E-state index contributed by atoms with van der Waals surface area (Å²) in [5.74, 6) is 0. The molecular formula is C39H27NO. The van der Waals surface area contributed by atoms with Crippen LogP contribution < -0.4 is 0 Å². The summed E-state index contributed by atoms with van der Waals surface area (Å²) >= 11 is 0. The maximum absolute atomic E-state index is 6.09. The number of aromatic nitrogens is 1. The molecule has 0 aliphatic heterocycles. The van der Waals surface area contributed by atoms with Gasteiger partial charge in [0.2, 0.25) is 0 Å². The predicted molar refractivity (Wildman–Crippen MR) is 171 cm³/mol. The Morgan fingerprint density at radius 3 is 1.80 bits per heavy atom. The molecule has 0 N–H and O–H groups in total. The van der Waals surface area contributed by atoms with Gasteiger partial charge < -0.3 is 8.98 Å². The average molecular weight is 526 g/mol. The Kier molecular flexibility index (Phi) is 4.42. The highest BCUT2D eigenvalue weighted by Crippen LogP contribution is 2.50. The van der Waals surface area contributed by atoms with Gasteiger partial charge in [0.1, 0.15) is 11.2 Å². The minimum atomic E-state index is -0.123. The monoisotopic (exact) mass is 525 g/mol. The Morgan fingerprint density at radius 1 is 0.488 bits per heavy atom. The lowest BCUT2D eigenvalue weighted by atomic mass is 9.81. The van der Waals surface area contributed by atoms with Crippen LogP contribution in [0.25, 0.3) is 71.7 Å². The van der Waals surface area contributed by atoms with Crippen LogP contribution in [0, 0.1) is 0 Å². The number of furan rings is 1. The van der Waals surface area contributed by atoms with E-state index in [0.29, 0.717) is 0 Å². The molecule has 8 aromatic rings. The van der Waals surface area contributed by atoms with Crippen molar-refractivity contribution >= 4 is 43.7 Å². The Balaban J connectivity index is 1.19. The number of para-hydroxylation sites is 3. The van der Waals surface area contributed by atoms with Crippen LogP contribution in [-0.4, -0.2) is 4.57 Å². The van der Waals surface area contributed by atoms with E-state index in [0.717, 1.165) is 21.9 Å². The second-order valence-electron chi connectivity index (χ2n) is 11.8. The molecule has 1 aliphatic rings. The highest BCUT2D eigenvalue weighted by atomic mass is 16.3. The number of fused-ring (bicyclic) bond motifs is 9. The third kappa shape index (κ3) is 3.08. The van der Waals surface area contributed by atoms with E-state index in [1.165, 1.54) is 60.9 Å². The lowest BCUT2D eigenvalue weighted by Crippen LogP contribution is -2.15. The molecule has 0 fully saturated rings. The summed E-state index contributed by atoms with van der Waals surface area (Å²) in [6, 6.07) is 46.3. The van der Waals surface area contributed by atoms with E-state index in [1.54, 1.807) is 0 Å². The Labute approximate surface area is 238 Å². The molecule has 0 atom stereocenters. The first-order valence-corrected chi connectivity index (χ1v) is 14.3. The predicted octanol–water partition coefficient (Wildman–Crippen LogP) is 10.7. The SMILES string of the molecule is CC1(C)c2cc(-c3ccc4oc5ccccc5c4c3)ccc2-c2ccc(-n3c4ccccc4c4ccccc43)cc21. The van der Waals surface area contributed by atoms with Gasteiger partial charge in [-0.25, -0.2) is 0 Å². The molecule has 1 aliphatic carbocycles. The average Bonchev–Trinajstić information content (AvgIpc) is 3.62. The molecule has 0 spiro atoms. The van der Waals surface area contributed by atoms with Crippen LogP contribution >= 0.6 is 0 Å². The number of rotatable bonds is 2. The lowest BCUT2D eigenvalue weighted by molar-refractivity contribution is 0.660. The van der Waals surface area contributed by atoms with Crippen molar-refractivity contribution in [3.63, 3.8) is 0 Å². The smallest absolute Gasteiger partial charge is 0.135 e. The third-order valence-corrected chi connectivity index (χ3v) is 9.21. The number of benzene rings is 6. The Hall–Kier alpha value is -5.08. The fraction of sp³-hybridized carbons (Fsp3) is 0.0769. The maximum atomic E-state index is 6.09. The molecule has 0 saturated carbocycles. The van der Waals surface area contributed by atoms with Gasteiger partial charge in [-0.3, -0.25) is 0 Å². The molecule has 194 valence electrons. The summed E-state index contributed by atoms with van der Waals surface area (Å²) in [7, 11) is 0. The maximum Gasteiger partial charge on any atom is 0.135 e. The Bertz CT molecular complexity index is 2290. The molecule has 0 radical (unpaired) electrons. The van der Waals surface area contributed by atoms with Gasteiger partial charge in [-0.15, -0.1) is 0 Å². The van der Waals surface area contributed by atoms with Crippen molar-refractivity contribution in [1.29, 1.82) is 0 Å². The summed E-state index contributed by atoms with van der Waals surface area (Å²) in [4.78, 5) is 0. The minimum absolute atomic E-state index is 0.123. The molecule has 2 heterocycles. The molecule has 0 bridgehead atoms. The van der Waals surface area contributed by atoms with Gasteiger partial charge in [0, 0.05) is 32.6 Å². The summed E-state index contributed by atoms with van der Waals surface area (Å²) in [5.41, 5.74) is 13.3. The van der Waals surface area contributed by atoms with Crippen LogP contribution in [-0.2, 0) is 5.41 Å². The molecule has 2 heteroatoms. The molecule has 41 heavy (non-hydrogen) atoms. The van der Waals surface area contributed by atoms with Gasteiger partial charge in [0.05, 0.1) is 11.0 Å². The van der Waals surface area contributed by atoms with Crippen molar-refractivity contribution in [3.05, 3.63) is 139 Å². The van der Waals surface area contributed by atoms with E-state index in [9.17, 15) is 0 Å². The third-order valence-electron chi connectivity index (χ3n) is 9.21. The Morgan fingerprint density at radius 2 is 1.05 bits per heavy atom. The van der Waals surface area contributed by atoms with E-state index in [-0.39, 0.29) is 5.41 Å².